The highest BCUT2D eigenvalue weighted by Gasteiger charge is 2.24. The minimum Gasteiger partial charge on any atom is -0.481 e. The van der Waals surface area contributed by atoms with E-state index >= 15 is 0 Å². The van der Waals surface area contributed by atoms with Crippen LogP contribution in [0.3, 0.4) is 0 Å². The Hall–Kier alpha value is -0.610. The first-order valence-electron chi connectivity index (χ1n) is 5.66. The topological polar surface area (TPSA) is 58.6 Å². The van der Waals surface area contributed by atoms with E-state index in [2.05, 4.69) is 12.2 Å². The molecule has 3 atom stereocenters. The summed E-state index contributed by atoms with van der Waals surface area (Å²) in [7, 11) is 0. The van der Waals surface area contributed by atoms with E-state index < -0.39 is 5.97 Å². The summed E-state index contributed by atoms with van der Waals surface area (Å²) >= 11 is 0. The predicted octanol–water partition coefficient (Wildman–Crippen LogP) is 1.25. The number of ether oxygens (including phenoxy) is 1. The fourth-order valence-electron chi connectivity index (χ4n) is 1.84. The molecule has 1 fully saturated rings. The van der Waals surface area contributed by atoms with Crippen molar-refractivity contribution in [2.75, 3.05) is 13.2 Å². The molecular formula is C11H21NO3. The molecule has 0 aliphatic carbocycles. The van der Waals surface area contributed by atoms with Crippen LogP contribution < -0.4 is 5.32 Å². The van der Waals surface area contributed by atoms with Crippen molar-refractivity contribution in [1.82, 2.24) is 5.32 Å². The van der Waals surface area contributed by atoms with Gasteiger partial charge >= 0.3 is 5.97 Å². The van der Waals surface area contributed by atoms with Gasteiger partial charge in [-0.3, -0.25) is 4.79 Å². The lowest BCUT2D eigenvalue weighted by molar-refractivity contribution is -0.137. The molecule has 0 bridgehead atoms. The number of hydrogen-bond donors (Lipinski definition) is 2. The lowest BCUT2D eigenvalue weighted by Gasteiger charge is -2.18. The second-order valence-electron chi connectivity index (χ2n) is 4.37. The lowest BCUT2D eigenvalue weighted by Crippen LogP contribution is -2.33. The average molecular weight is 215 g/mol. The largest absolute Gasteiger partial charge is 0.481 e. The maximum absolute atomic E-state index is 10.4. The zero-order chi connectivity index (χ0) is 11.3. The second-order valence-corrected chi connectivity index (χ2v) is 4.37. The molecule has 0 amide bonds. The van der Waals surface area contributed by atoms with E-state index in [4.69, 9.17) is 9.84 Å². The number of rotatable bonds is 6. The first-order valence-corrected chi connectivity index (χ1v) is 5.66. The zero-order valence-electron chi connectivity index (χ0n) is 9.53. The molecule has 0 aromatic rings. The highest BCUT2D eigenvalue weighted by Crippen LogP contribution is 2.19. The van der Waals surface area contributed by atoms with Gasteiger partial charge in [0.15, 0.2) is 0 Å². The molecule has 0 aromatic heterocycles. The first kappa shape index (κ1) is 12.5. The Morgan fingerprint density at radius 2 is 2.40 bits per heavy atom. The summed E-state index contributed by atoms with van der Waals surface area (Å²) < 4.78 is 5.46. The summed E-state index contributed by atoms with van der Waals surface area (Å²) in [5, 5.41) is 11.9. The van der Waals surface area contributed by atoms with Crippen molar-refractivity contribution in [1.29, 1.82) is 0 Å². The molecule has 3 unspecified atom stereocenters. The van der Waals surface area contributed by atoms with Crippen LogP contribution in [-0.2, 0) is 9.53 Å². The second kappa shape index (κ2) is 6.08. The molecule has 2 N–H and O–H groups in total. The molecular weight excluding hydrogens is 194 g/mol. The van der Waals surface area contributed by atoms with Gasteiger partial charge in [-0.25, -0.2) is 0 Å². The molecule has 0 spiro atoms. The molecule has 1 heterocycles. The lowest BCUT2D eigenvalue weighted by atomic mass is 10.0. The number of carbonyl (C=O) groups is 1. The van der Waals surface area contributed by atoms with E-state index in [1.807, 2.05) is 6.92 Å². The zero-order valence-corrected chi connectivity index (χ0v) is 9.53. The summed E-state index contributed by atoms with van der Waals surface area (Å²) in [6.07, 6.45) is 2.38. The SMILES string of the molecule is CC(CCC(=O)O)NCC1CCOC1C. The smallest absolute Gasteiger partial charge is 0.303 e. The Bertz CT molecular complexity index is 208. The molecule has 1 saturated heterocycles. The van der Waals surface area contributed by atoms with Crippen molar-refractivity contribution in [3.63, 3.8) is 0 Å². The minimum atomic E-state index is -0.721. The van der Waals surface area contributed by atoms with Gasteiger partial charge < -0.3 is 15.2 Å². The molecule has 1 aliphatic rings. The number of carboxylic acids is 1. The monoisotopic (exact) mass is 215 g/mol. The van der Waals surface area contributed by atoms with Gasteiger partial charge in [-0.2, -0.15) is 0 Å². The van der Waals surface area contributed by atoms with Crippen LogP contribution in [0.5, 0.6) is 0 Å². The highest BCUT2D eigenvalue weighted by atomic mass is 16.5. The van der Waals surface area contributed by atoms with Crippen LogP contribution in [0.15, 0.2) is 0 Å². The minimum absolute atomic E-state index is 0.241. The fraction of sp³-hybridized carbons (Fsp3) is 0.909. The molecule has 0 aromatic carbocycles. The van der Waals surface area contributed by atoms with Crippen molar-refractivity contribution in [3.05, 3.63) is 0 Å². The molecule has 0 saturated carbocycles. The van der Waals surface area contributed by atoms with E-state index in [-0.39, 0.29) is 12.5 Å². The fourth-order valence-corrected chi connectivity index (χ4v) is 1.84. The van der Waals surface area contributed by atoms with Crippen molar-refractivity contribution in [2.45, 2.75) is 45.3 Å². The standard InChI is InChI=1S/C11H21NO3/c1-8(3-4-11(13)14)12-7-10-5-6-15-9(10)2/h8-10,12H,3-7H2,1-2H3,(H,13,14). The van der Waals surface area contributed by atoms with Crippen LogP contribution in [-0.4, -0.2) is 36.4 Å². The molecule has 0 radical (unpaired) electrons. The molecule has 1 rings (SSSR count). The van der Waals surface area contributed by atoms with Crippen LogP contribution in [0.2, 0.25) is 0 Å². The van der Waals surface area contributed by atoms with Crippen molar-refractivity contribution >= 4 is 5.97 Å². The third kappa shape index (κ3) is 4.62. The van der Waals surface area contributed by atoms with Crippen LogP contribution in [0, 0.1) is 5.92 Å². The van der Waals surface area contributed by atoms with Crippen molar-refractivity contribution in [3.8, 4) is 0 Å². The third-order valence-electron chi connectivity index (χ3n) is 3.05. The van der Waals surface area contributed by atoms with Crippen LogP contribution in [0.1, 0.15) is 33.1 Å². The van der Waals surface area contributed by atoms with Crippen molar-refractivity contribution in [2.24, 2.45) is 5.92 Å². The van der Waals surface area contributed by atoms with Gasteiger partial charge in [-0.1, -0.05) is 0 Å². The van der Waals surface area contributed by atoms with E-state index in [1.54, 1.807) is 0 Å². The first-order chi connectivity index (χ1) is 7.09. The Balaban J connectivity index is 2.10. The van der Waals surface area contributed by atoms with Gasteiger partial charge in [0.1, 0.15) is 0 Å². The molecule has 88 valence electrons. The van der Waals surface area contributed by atoms with Gasteiger partial charge in [-0.15, -0.1) is 0 Å². The Morgan fingerprint density at radius 1 is 1.67 bits per heavy atom. The summed E-state index contributed by atoms with van der Waals surface area (Å²) in [5.41, 5.74) is 0. The molecule has 4 nitrogen and oxygen atoms in total. The maximum Gasteiger partial charge on any atom is 0.303 e. The van der Waals surface area contributed by atoms with Crippen LogP contribution >= 0.6 is 0 Å². The Kier molecular flexibility index (Phi) is 5.05. The van der Waals surface area contributed by atoms with Gasteiger partial charge in [0.05, 0.1) is 6.10 Å². The normalized spacial score (nSPS) is 27.9. The van der Waals surface area contributed by atoms with Crippen LogP contribution in [0.25, 0.3) is 0 Å². The number of carboxylic acid groups (broad SMARTS) is 1. The van der Waals surface area contributed by atoms with E-state index in [0.717, 1.165) is 19.6 Å². The maximum atomic E-state index is 10.4. The third-order valence-corrected chi connectivity index (χ3v) is 3.05. The van der Waals surface area contributed by atoms with Gasteiger partial charge in [0, 0.05) is 25.6 Å². The van der Waals surface area contributed by atoms with E-state index in [9.17, 15) is 4.79 Å². The Labute approximate surface area is 91.0 Å². The summed E-state index contributed by atoms with van der Waals surface area (Å²) in [4.78, 5) is 10.4. The highest BCUT2D eigenvalue weighted by molar-refractivity contribution is 5.66. The summed E-state index contributed by atoms with van der Waals surface area (Å²) in [6, 6.07) is 0.272. The number of aliphatic carboxylic acids is 1. The molecule has 15 heavy (non-hydrogen) atoms. The van der Waals surface area contributed by atoms with Crippen LogP contribution in [0.4, 0.5) is 0 Å². The number of hydrogen-bond acceptors (Lipinski definition) is 3. The van der Waals surface area contributed by atoms with Gasteiger partial charge in [0.25, 0.3) is 0 Å². The molecule has 1 aliphatic heterocycles. The summed E-state index contributed by atoms with van der Waals surface area (Å²) in [5.74, 6) is -0.140. The van der Waals surface area contributed by atoms with Gasteiger partial charge in [-0.05, 0) is 32.6 Å². The van der Waals surface area contributed by atoms with Crippen molar-refractivity contribution < 1.29 is 14.6 Å². The summed E-state index contributed by atoms with van der Waals surface area (Å²) in [6.45, 7) is 5.92. The van der Waals surface area contributed by atoms with Gasteiger partial charge in [0.2, 0.25) is 0 Å². The number of nitrogens with one attached hydrogen (secondary N) is 1. The average Bonchev–Trinajstić information content (AvgIpc) is 2.58. The van der Waals surface area contributed by atoms with E-state index in [1.165, 1.54) is 0 Å². The molecule has 4 heteroatoms. The predicted molar refractivity (Wildman–Crippen MR) is 57.9 cm³/mol. The van der Waals surface area contributed by atoms with E-state index in [0.29, 0.717) is 18.4 Å². The quantitative estimate of drug-likeness (QED) is 0.700. The Morgan fingerprint density at radius 3 is 2.93 bits per heavy atom.